The number of nitrogens with two attached hydrogens (primary N) is 1. The van der Waals surface area contributed by atoms with Gasteiger partial charge in [-0.1, -0.05) is 0 Å². The Balaban J connectivity index is 2.07. The van der Waals surface area contributed by atoms with Crippen molar-refractivity contribution in [1.82, 2.24) is 20.5 Å². The second kappa shape index (κ2) is 4.65. The van der Waals surface area contributed by atoms with E-state index in [9.17, 15) is 4.79 Å². The highest BCUT2D eigenvalue weighted by Gasteiger charge is 2.12. The second-order valence-electron chi connectivity index (χ2n) is 3.70. The standard InChI is InChI=1S/C11H13N5O/c1-7(9-5-14-15-6-9)16-11(17)8-2-3-13-10(12)4-8/h2-7H,1H3,(H2,12,13)(H,14,15)(H,16,17). The van der Waals surface area contributed by atoms with Gasteiger partial charge in [0, 0.05) is 23.5 Å². The van der Waals surface area contributed by atoms with Crippen molar-refractivity contribution in [3.63, 3.8) is 0 Å². The number of pyridine rings is 1. The largest absolute Gasteiger partial charge is 0.384 e. The first-order valence-corrected chi connectivity index (χ1v) is 5.18. The molecule has 2 aromatic rings. The predicted molar refractivity (Wildman–Crippen MR) is 63.1 cm³/mol. The molecule has 0 aliphatic rings. The fourth-order valence-electron chi connectivity index (χ4n) is 1.45. The Morgan fingerprint density at radius 3 is 3.06 bits per heavy atom. The summed E-state index contributed by atoms with van der Waals surface area (Å²) in [5.74, 6) is 0.140. The zero-order valence-electron chi connectivity index (χ0n) is 9.34. The number of hydrogen-bond donors (Lipinski definition) is 3. The molecule has 0 aliphatic carbocycles. The van der Waals surface area contributed by atoms with E-state index in [4.69, 9.17) is 5.73 Å². The summed E-state index contributed by atoms with van der Waals surface area (Å²) in [5.41, 5.74) is 6.93. The van der Waals surface area contributed by atoms with Crippen LogP contribution in [0.25, 0.3) is 0 Å². The number of amides is 1. The van der Waals surface area contributed by atoms with Crippen molar-refractivity contribution in [2.75, 3.05) is 5.73 Å². The molecule has 0 saturated carbocycles. The van der Waals surface area contributed by atoms with E-state index in [0.717, 1.165) is 5.56 Å². The average molecular weight is 231 g/mol. The van der Waals surface area contributed by atoms with Crippen molar-refractivity contribution in [3.05, 3.63) is 41.9 Å². The van der Waals surface area contributed by atoms with Crippen LogP contribution in [0.3, 0.4) is 0 Å². The van der Waals surface area contributed by atoms with Gasteiger partial charge in [0.25, 0.3) is 5.91 Å². The topological polar surface area (TPSA) is 96.7 Å². The van der Waals surface area contributed by atoms with E-state index in [1.165, 1.54) is 12.3 Å². The molecule has 0 aliphatic heterocycles. The summed E-state index contributed by atoms with van der Waals surface area (Å²) in [7, 11) is 0. The maximum atomic E-state index is 11.9. The molecule has 2 rings (SSSR count). The maximum Gasteiger partial charge on any atom is 0.251 e. The molecule has 0 saturated heterocycles. The summed E-state index contributed by atoms with van der Waals surface area (Å²) >= 11 is 0. The monoisotopic (exact) mass is 231 g/mol. The molecule has 0 spiro atoms. The SMILES string of the molecule is CC(NC(=O)c1ccnc(N)c1)c1cn[nH]c1. The molecule has 0 bridgehead atoms. The van der Waals surface area contributed by atoms with E-state index in [0.29, 0.717) is 11.4 Å². The number of nitrogens with zero attached hydrogens (tertiary/aromatic N) is 2. The lowest BCUT2D eigenvalue weighted by Crippen LogP contribution is -2.26. The second-order valence-corrected chi connectivity index (χ2v) is 3.70. The van der Waals surface area contributed by atoms with Gasteiger partial charge < -0.3 is 11.1 Å². The van der Waals surface area contributed by atoms with E-state index >= 15 is 0 Å². The van der Waals surface area contributed by atoms with Crippen LogP contribution in [-0.2, 0) is 0 Å². The van der Waals surface area contributed by atoms with Gasteiger partial charge in [0.15, 0.2) is 0 Å². The zero-order valence-corrected chi connectivity index (χ0v) is 9.34. The van der Waals surface area contributed by atoms with E-state index in [1.807, 2.05) is 6.92 Å². The summed E-state index contributed by atoms with van der Waals surface area (Å²) in [6, 6.07) is 3.04. The van der Waals surface area contributed by atoms with Crippen LogP contribution in [0.2, 0.25) is 0 Å². The van der Waals surface area contributed by atoms with Gasteiger partial charge in [-0.15, -0.1) is 0 Å². The minimum absolute atomic E-state index is 0.115. The van der Waals surface area contributed by atoms with Crippen LogP contribution in [0.4, 0.5) is 5.82 Å². The molecule has 4 N–H and O–H groups in total. The summed E-state index contributed by atoms with van der Waals surface area (Å²) < 4.78 is 0. The third-order valence-corrected chi connectivity index (χ3v) is 2.41. The van der Waals surface area contributed by atoms with Crippen molar-refractivity contribution in [2.45, 2.75) is 13.0 Å². The zero-order chi connectivity index (χ0) is 12.3. The Kier molecular flexibility index (Phi) is 3.04. The van der Waals surface area contributed by atoms with Gasteiger partial charge in [0.2, 0.25) is 0 Å². The highest BCUT2D eigenvalue weighted by atomic mass is 16.1. The van der Waals surface area contributed by atoms with Crippen LogP contribution in [0.1, 0.15) is 28.9 Å². The fraction of sp³-hybridized carbons (Fsp3) is 0.182. The molecule has 17 heavy (non-hydrogen) atoms. The minimum atomic E-state index is -0.187. The van der Waals surface area contributed by atoms with Crippen molar-refractivity contribution < 1.29 is 4.79 Å². The normalized spacial score (nSPS) is 12.1. The van der Waals surface area contributed by atoms with Crippen LogP contribution >= 0.6 is 0 Å². The number of rotatable bonds is 3. The van der Waals surface area contributed by atoms with Gasteiger partial charge in [-0.2, -0.15) is 5.10 Å². The number of carbonyl (C=O) groups excluding carboxylic acids is 1. The Hall–Kier alpha value is -2.37. The molecule has 1 atom stereocenters. The minimum Gasteiger partial charge on any atom is -0.384 e. The molecule has 1 unspecified atom stereocenters. The van der Waals surface area contributed by atoms with E-state index in [2.05, 4.69) is 20.5 Å². The van der Waals surface area contributed by atoms with Crippen molar-refractivity contribution in [1.29, 1.82) is 0 Å². The summed E-state index contributed by atoms with van der Waals surface area (Å²) in [6.45, 7) is 1.88. The summed E-state index contributed by atoms with van der Waals surface area (Å²) in [6.07, 6.45) is 4.92. The van der Waals surface area contributed by atoms with Crippen molar-refractivity contribution >= 4 is 11.7 Å². The molecular weight excluding hydrogens is 218 g/mol. The molecule has 1 amide bonds. The van der Waals surface area contributed by atoms with Crippen LogP contribution < -0.4 is 11.1 Å². The summed E-state index contributed by atoms with van der Waals surface area (Å²) in [5, 5.41) is 9.38. The van der Waals surface area contributed by atoms with Gasteiger partial charge in [-0.05, 0) is 19.1 Å². The number of aromatic nitrogens is 3. The Bertz CT molecular complexity index is 508. The molecule has 88 valence electrons. The van der Waals surface area contributed by atoms with Gasteiger partial charge in [-0.3, -0.25) is 9.89 Å². The number of hydrogen-bond acceptors (Lipinski definition) is 4. The van der Waals surface area contributed by atoms with Gasteiger partial charge in [0.1, 0.15) is 5.82 Å². The molecular formula is C11H13N5O. The highest BCUT2D eigenvalue weighted by molar-refractivity contribution is 5.94. The van der Waals surface area contributed by atoms with Crippen LogP contribution in [-0.4, -0.2) is 21.1 Å². The van der Waals surface area contributed by atoms with Gasteiger partial charge in [0.05, 0.1) is 12.2 Å². The molecule has 6 heteroatoms. The average Bonchev–Trinajstić information content (AvgIpc) is 2.82. The number of anilines is 1. The lowest BCUT2D eigenvalue weighted by molar-refractivity contribution is 0.0940. The fourth-order valence-corrected chi connectivity index (χ4v) is 1.45. The Morgan fingerprint density at radius 2 is 2.41 bits per heavy atom. The quantitative estimate of drug-likeness (QED) is 0.730. The van der Waals surface area contributed by atoms with Crippen LogP contribution in [0.5, 0.6) is 0 Å². The molecule has 2 heterocycles. The number of nitrogens with one attached hydrogen (secondary N) is 2. The summed E-state index contributed by atoms with van der Waals surface area (Å²) in [4.78, 5) is 15.7. The Labute approximate surface area is 98.3 Å². The maximum absolute atomic E-state index is 11.9. The van der Waals surface area contributed by atoms with E-state index in [-0.39, 0.29) is 11.9 Å². The molecule has 6 nitrogen and oxygen atoms in total. The lowest BCUT2D eigenvalue weighted by Gasteiger charge is -2.11. The van der Waals surface area contributed by atoms with Gasteiger partial charge >= 0.3 is 0 Å². The highest BCUT2D eigenvalue weighted by Crippen LogP contribution is 2.11. The van der Waals surface area contributed by atoms with Crippen molar-refractivity contribution in [2.24, 2.45) is 0 Å². The van der Waals surface area contributed by atoms with Gasteiger partial charge in [-0.25, -0.2) is 4.98 Å². The van der Waals surface area contributed by atoms with E-state index < -0.39 is 0 Å². The Morgan fingerprint density at radius 1 is 1.59 bits per heavy atom. The van der Waals surface area contributed by atoms with E-state index in [1.54, 1.807) is 18.5 Å². The van der Waals surface area contributed by atoms with Crippen molar-refractivity contribution in [3.8, 4) is 0 Å². The number of aromatic amines is 1. The first-order chi connectivity index (χ1) is 8.16. The first kappa shape index (κ1) is 11.1. The first-order valence-electron chi connectivity index (χ1n) is 5.18. The molecule has 0 aromatic carbocycles. The molecule has 0 fully saturated rings. The third kappa shape index (κ3) is 2.60. The van der Waals surface area contributed by atoms with Crippen LogP contribution in [0, 0.1) is 0 Å². The van der Waals surface area contributed by atoms with Crippen LogP contribution in [0.15, 0.2) is 30.7 Å². The molecule has 2 aromatic heterocycles. The molecule has 0 radical (unpaired) electrons. The number of H-pyrrole nitrogens is 1. The number of carbonyl (C=O) groups is 1. The third-order valence-electron chi connectivity index (χ3n) is 2.41. The number of nitrogen functional groups attached to an aromatic ring is 1. The smallest absolute Gasteiger partial charge is 0.251 e. The lowest BCUT2D eigenvalue weighted by atomic mass is 10.1. The predicted octanol–water partition coefficient (Wildman–Crippen LogP) is 0.878.